The van der Waals surface area contributed by atoms with Crippen molar-refractivity contribution >= 4 is 29.3 Å². The summed E-state index contributed by atoms with van der Waals surface area (Å²) >= 11 is 7.57. The molecule has 0 aliphatic heterocycles. The molecule has 88 valence electrons. The van der Waals surface area contributed by atoms with Gasteiger partial charge < -0.3 is 9.84 Å². The Morgan fingerprint density at radius 3 is 2.88 bits per heavy atom. The highest BCUT2D eigenvalue weighted by Gasteiger charge is 2.07. The van der Waals surface area contributed by atoms with Crippen molar-refractivity contribution in [2.45, 2.75) is 11.3 Å². The summed E-state index contributed by atoms with van der Waals surface area (Å²) < 4.78 is 4.94. The molecule has 0 aromatic heterocycles. The van der Waals surface area contributed by atoms with Crippen molar-refractivity contribution in [3.05, 3.63) is 28.8 Å². The van der Waals surface area contributed by atoms with Gasteiger partial charge in [-0.2, -0.15) is 0 Å². The Hall–Kier alpha value is -0.710. The molecule has 0 fully saturated rings. The molecule has 0 bridgehead atoms. The molecule has 5 heteroatoms. The fourth-order valence-electron chi connectivity index (χ4n) is 1.14. The van der Waals surface area contributed by atoms with Crippen LogP contribution in [0.1, 0.15) is 16.8 Å². The number of carboxylic acids is 1. The van der Waals surface area contributed by atoms with Crippen LogP contribution in [0.3, 0.4) is 0 Å². The Bertz CT molecular complexity index is 368. The summed E-state index contributed by atoms with van der Waals surface area (Å²) in [6.07, 6.45) is 0.943. The van der Waals surface area contributed by atoms with E-state index >= 15 is 0 Å². The Morgan fingerprint density at radius 2 is 2.31 bits per heavy atom. The lowest BCUT2D eigenvalue weighted by Gasteiger charge is -2.04. The number of hydrogen-bond acceptors (Lipinski definition) is 3. The normalized spacial score (nSPS) is 10.4. The minimum absolute atomic E-state index is 0.214. The van der Waals surface area contributed by atoms with Crippen molar-refractivity contribution in [3.8, 4) is 0 Å². The summed E-state index contributed by atoms with van der Waals surface area (Å²) in [6.45, 7) is 0.720. The summed E-state index contributed by atoms with van der Waals surface area (Å²) in [5, 5.41) is 9.25. The highest BCUT2D eigenvalue weighted by atomic mass is 35.5. The molecule has 0 atom stereocenters. The number of aromatic carboxylic acids is 1. The second-order valence-corrected chi connectivity index (χ2v) is 4.69. The van der Waals surface area contributed by atoms with Gasteiger partial charge in [0.05, 0.1) is 10.6 Å². The van der Waals surface area contributed by atoms with E-state index in [4.69, 9.17) is 21.4 Å². The lowest BCUT2D eigenvalue weighted by Crippen LogP contribution is -1.96. The van der Waals surface area contributed by atoms with Gasteiger partial charge in [-0.3, -0.25) is 0 Å². The predicted molar refractivity (Wildman–Crippen MR) is 65.6 cm³/mol. The van der Waals surface area contributed by atoms with E-state index in [1.165, 1.54) is 6.07 Å². The minimum atomic E-state index is -0.960. The fourth-order valence-corrected chi connectivity index (χ4v) is 2.32. The van der Waals surface area contributed by atoms with E-state index in [2.05, 4.69) is 0 Å². The van der Waals surface area contributed by atoms with Crippen LogP contribution in [0.25, 0.3) is 0 Å². The van der Waals surface area contributed by atoms with Crippen LogP contribution in [0.4, 0.5) is 0 Å². The quantitative estimate of drug-likeness (QED) is 0.630. The van der Waals surface area contributed by atoms with Crippen molar-refractivity contribution in [1.82, 2.24) is 0 Å². The third kappa shape index (κ3) is 4.04. The van der Waals surface area contributed by atoms with Crippen LogP contribution in [0.2, 0.25) is 5.02 Å². The molecular formula is C11H13ClO3S. The van der Waals surface area contributed by atoms with E-state index in [0.717, 1.165) is 23.7 Å². The maximum Gasteiger partial charge on any atom is 0.335 e. The number of thioether (sulfide) groups is 1. The summed E-state index contributed by atoms with van der Waals surface area (Å²) in [5.74, 6) is -0.0576. The average Bonchev–Trinajstić information content (AvgIpc) is 2.26. The average molecular weight is 261 g/mol. The van der Waals surface area contributed by atoms with Gasteiger partial charge in [0, 0.05) is 24.4 Å². The number of benzene rings is 1. The maximum atomic E-state index is 10.7. The number of ether oxygens (including phenoxy) is 1. The number of carboxylic acid groups (broad SMARTS) is 1. The SMILES string of the molecule is COCCCSc1ccc(C(=O)O)cc1Cl. The number of methoxy groups -OCH3 is 1. The molecule has 0 heterocycles. The van der Waals surface area contributed by atoms with Crippen LogP contribution < -0.4 is 0 Å². The lowest BCUT2D eigenvalue weighted by atomic mass is 10.2. The number of hydrogen-bond donors (Lipinski definition) is 1. The number of rotatable bonds is 6. The molecule has 0 saturated heterocycles. The van der Waals surface area contributed by atoms with E-state index in [0.29, 0.717) is 5.02 Å². The summed E-state index contributed by atoms with van der Waals surface area (Å²) in [6, 6.07) is 4.78. The van der Waals surface area contributed by atoms with Gasteiger partial charge in [0.1, 0.15) is 0 Å². The molecule has 0 aliphatic carbocycles. The fraction of sp³-hybridized carbons (Fsp3) is 0.364. The maximum absolute atomic E-state index is 10.7. The molecule has 1 aromatic rings. The molecule has 1 rings (SSSR count). The van der Waals surface area contributed by atoms with E-state index in [9.17, 15) is 4.79 Å². The van der Waals surface area contributed by atoms with Crippen LogP contribution in [0, 0.1) is 0 Å². The Morgan fingerprint density at radius 1 is 1.56 bits per heavy atom. The Kier molecular flexibility index (Phi) is 5.66. The van der Waals surface area contributed by atoms with Gasteiger partial charge in [0.25, 0.3) is 0 Å². The molecule has 0 radical (unpaired) electrons. The Labute approximate surface area is 104 Å². The zero-order chi connectivity index (χ0) is 12.0. The molecule has 1 N–H and O–H groups in total. The second kappa shape index (κ2) is 6.78. The van der Waals surface area contributed by atoms with Crippen LogP contribution in [0.5, 0.6) is 0 Å². The molecule has 3 nitrogen and oxygen atoms in total. The zero-order valence-corrected chi connectivity index (χ0v) is 10.5. The van der Waals surface area contributed by atoms with Crippen molar-refractivity contribution in [3.63, 3.8) is 0 Å². The van der Waals surface area contributed by atoms with Gasteiger partial charge >= 0.3 is 5.97 Å². The molecular weight excluding hydrogens is 248 g/mol. The van der Waals surface area contributed by atoms with Gasteiger partial charge in [-0.15, -0.1) is 11.8 Å². The third-order valence-electron chi connectivity index (χ3n) is 1.93. The molecule has 0 saturated carbocycles. The molecule has 0 amide bonds. The number of carbonyl (C=O) groups is 1. The van der Waals surface area contributed by atoms with E-state index in [1.54, 1.807) is 31.0 Å². The smallest absolute Gasteiger partial charge is 0.335 e. The van der Waals surface area contributed by atoms with Gasteiger partial charge in [-0.1, -0.05) is 11.6 Å². The van der Waals surface area contributed by atoms with Gasteiger partial charge in [0.15, 0.2) is 0 Å². The summed E-state index contributed by atoms with van der Waals surface area (Å²) in [7, 11) is 1.67. The van der Waals surface area contributed by atoms with Crippen LogP contribution in [-0.2, 0) is 4.74 Å². The largest absolute Gasteiger partial charge is 0.478 e. The monoisotopic (exact) mass is 260 g/mol. The standard InChI is InChI=1S/C11H13ClO3S/c1-15-5-2-6-16-10-4-3-8(11(13)14)7-9(10)12/h3-4,7H,2,5-6H2,1H3,(H,13,14). The molecule has 0 spiro atoms. The van der Waals surface area contributed by atoms with Crippen molar-refractivity contribution in [2.75, 3.05) is 19.5 Å². The highest BCUT2D eigenvalue weighted by Crippen LogP contribution is 2.28. The summed E-state index contributed by atoms with van der Waals surface area (Å²) in [5.41, 5.74) is 0.214. The second-order valence-electron chi connectivity index (χ2n) is 3.15. The van der Waals surface area contributed by atoms with Crippen molar-refractivity contribution in [2.24, 2.45) is 0 Å². The first kappa shape index (κ1) is 13.4. The van der Waals surface area contributed by atoms with Crippen LogP contribution >= 0.6 is 23.4 Å². The van der Waals surface area contributed by atoms with Gasteiger partial charge in [-0.05, 0) is 24.6 Å². The number of halogens is 1. The highest BCUT2D eigenvalue weighted by molar-refractivity contribution is 7.99. The van der Waals surface area contributed by atoms with Gasteiger partial charge in [0.2, 0.25) is 0 Å². The molecule has 16 heavy (non-hydrogen) atoms. The van der Waals surface area contributed by atoms with Gasteiger partial charge in [-0.25, -0.2) is 4.79 Å². The first-order chi connectivity index (χ1) is 7.65. The van der Waals surface area contributed by atoms with Crippen LogP contribution in [0.15, 0.2) is 23.1 Å². The minimum Gasteiger partial charge on any atom is -0.478 e. The van der Waals surface area contributed by atoms with Crippen molar-refractivity contribution in [1.29, 1.82) is 0 Å². The Balaban J connectivity index is 2.57. The molecule has 0 aliphatic rings. The predicted octanol–water partition coefficient (Wildman–Crippen LogP) is 3.17. The zero-order valence-electron chi connectivity index (χ0n) is 8.90. The van der Waals surface area contributed by atoms with E-state index < -0.39 is 5.97 Å². The summed E-state index contributed by atoms with van der Waals surface area (Å²) in [4.78, 5) is 11.6. The first-order valence-corrected chi connectivity index (χ1v) is 6.16. The molecule has 1 aromatic carbocycles. The van der Waals surface area contributed by atoms with Crippen molar-refractivity contribution < 1.29 is 14.6 Å². The van der Waals surface area contributed by atoms with E-state index in [1.807, 2.05) is 0 Å². The molecule has 0 unspecified atom stereocenters. The topological polar surface area (TPSA) is 46.5 Å². The third-order valence-corrected chi connectivity index (χ3v) is 3.51. The first-order valence-electron chi connectivity index (χ1n) is 4.79. The lowest BCUT2D eigenvalue weighted by molar-refractivity contribution is 0.0697. The van der Waals surface area contributed by atoms with E-state index in [-0.39, 0.29) is 5.56 Å². The van der Waals surface area contributed by atoms with Crippen LogP contribution in [-0.4, -0.2) is 30.5 Å².